The number of anilines is 1. The number of nitrogens with zero attached hydrogens (tertiary/aromatic N) is 4. The lowest BCUT2D eigenvalue weighted by molar-refractivity contribution is -0.141. The van der Waals surface area contributed by atoms with Crippen molar-refractivity contribution in [2.24, 2.45) is 0 Å². The summed E-state index contributed by atoms with van der Waals surface area (Å²) in [5.74, 6) is -1.57. The minimum absolute atomic E-state index is 0.0981. The average molecular weight is 420 g/mol. The third-order valence-corrected chi connectivity index (χ3v) is 4.57. The number of hydrogen-bond donors (Lipinski definition) is 1. The first kappa shape index (κ1) is 20.2. The van der Waals surface area contributed by atoms with Crippen molar-refractivity contribution < 1.29 is 27.5 Å². The number of alkyl halides is 3. The van der Waals surface area contributed by atoms with Crippen LogP contribution in [0, 0.1) is 0 Å². The van der Waals surface area contributed by atoms with E-state index in [2.05, 4.69) is 20.3 Å². The van der Waals surface area contributed by atoms with Crippen molar-refractivity contribution >= 4 is 29.2 Å². The zero-order valence-electron chi connectivity index (χ0n) is 15.0. The summed E-state index contributed by atoms with van der Waals surface area (Å²) in [6.07, 6.45) is -1.92. The summed E-state index contributed by atoms with van der Waals surface area (Å²) in [7, 11) is 1.17. The maximum absolute atomic E-state index is 13.1. The monoisotopic (exact) mass is 419 g/mol. The van der Waals surface area contributed by atoms with Gasteiger partial charge in [-0.2, -0.15) is 23.4 Å². The third-order valence-electron chi connectivity index (χ3n) is 4.20. The number of carbonyl (C=O) groups is 2. The number of methoxy groups -OCH3 is 1. The Morgan fingerprint density at radius 3 is 2.57 bits per heavy atom. The van der Waals surface area contributed by atoms with E-state index in [1.165, 1.54) is 18.0 Å². The second kappa shape index (κ2) is 7.46. The van der Waals surface area contributed by atoms with Gasteiger partial charge in [-0.05, 0) is 19.8 Å². The minimum Gasteiger partial charge on any atom is -0.464 e. The first-order valence-electron chi connectivity index (χ1n) is 8.44. The molecule has 1 fully saturated rings. The van der Waals surface area contributed by atoms with Crippen LogP contribution in [0.1, 0.15) is 47.6 Å². The highest BCUT2D eigenvalue weighted by Crippen LogP contribution is 2.46. The second-order valence-corrected chi connectivity index (χ2v) is 6.64. The van der Waals surface area contributed by atoms with Gasteiger partial charge in [-0.3, -0.25) is 14.2 Å². The number of esters is 1. The van der Waals surface area contributed by atoms with E-state index in [9.17, 15) is 22.8 Å². The van der Waals surface area contributed by atoms with Crippen molar-refractivity contribution in [2.45, 2.75) is 44.9 Å². The van der Waals surface area contributed by atoms with Crippen molar-refractivity contribution in [2.75, 3.05) is 12.4 Å². The lowest BCUT2D eigenvalue weighted by Gasteiger charge is -2.08. The molecule has 0 bridgehead atoms. The molecule has 0 saturated heterocycles. The molecule has 1 aliphatic carbocycles. The number of nitrogens with one attached hydrogen (secondary N) is 1. The summed E-state index contributed by atoms with van der Waals surface area (Å²) >= 11 is 5.89. The zero-order valence-corrected chi connectivity index (χ0v) is 15.8. The summed E-state index contributed by atoms with van der Waals surface area (Å²) in [6, 6.07) is 0. The lowest BCUT2D eigenvalue weighted by atomic mass is 10.2. The molecule has 152 valence electrons. The lowest BCUT2D eigenvalue weighted by Crippen LogP contribution is -2.22. The maximum atomic E-state index is 13.1. The highest BCUT2D eigenvalue weighted by atomic mass is 35.5. The van der Waals surface area contributed by atoms with Crippen LogP contribution >= 0.6 is 11.6 Å². The van der Waals surface area contributed by atoms with Gasteiger partial charge in [0.25, 0.3) is 0 Å². The molecule has 2 aromatic rings. The first-order valence-corrected chi connectivity index (χ1v) is 8.82. The Hall–Kier alpha value is -2.56. The quantitative estimate of drug-likeness (QED) is 0.726. The molecule has 0 aliphatic heterocycles. The zero-order chi connectivity index (χ0) is 20.6. The van der Waals surface area contributed by atoms with Gasteiger partial charge in [0.15, 0.2) is 11.4 Å². The number of carbonyl (C=O) groups excluding carboxylic acids is 2. The van der Waals surface area contributed by atoms with E-state index in [0.717, 1.165) is 4.68 Å². The standard InChI is InChI=1S/C16H17ClF3N5O3/c1-3-24-6-9(12(22-24)15(27)28-2)21-10(26)7-25-13(8-4-5-8)11(17)14(23-25)16(18,19)20/h6,8H,3-5,7H2,1-2H3,(H,21,26). The molecule has 0 radical (unpaired) electrons. The summed E-state index contributed by atoms with van der Waals surface area (Å²) in [4.78, 5) is 24.2. The van der Waals surface area contributed by atoms with Crippen molar-refractivity contribution in [3.63, 3.8) is 0 Å². The summed E-state index contributed by atoms with van der Waals surface area (Å²) in [5, 5.41) is 9.51. The largest absolute Gasteiger partial charge is 0.464 e. The van der Waals surface area contributed by atoms with Crippen LogP contribution in [-0.4, -0.2) is 38.5 Å². The molecule has 0 aromatic carbocycles. The molecule has 28 heavy (non-hydrogen) atoms. The van der Waals surface area contributed by atoms with Gasteiger partial charge in [0, 0.05) is 18.7 Å². The average Bonchev–Trinajstić information content (AvgIpc) is 3.28. The molecule has 2 heterocycles. The smallest absolute Gasteiger partial charge is 0.436 e. The molecule has 1 aliphatic rings. The van der Waals surface area contributed by atoms with Gasteiger partial charge in [-0.15, -0.1) is 0 Å². The number of halogens is 4. The Morgan fingerprint density at radius 2 is 2.04 bits per heavy atom. The molecule has 1 amide bonds. The van der Waals surface area contributed by atoms with Gasteiger partial charge >= 0.3 is 12.1 Å². The maximum Gasteiger partial charge on any atom is 0.436 e. The predicted molar refractivity (Wildman–Crippen MR) is 92.1 cm³/mol. The molecule has 3 rings (SSSR count). The number of amides is 1. The molecule has 12 heteroatoms. The van der Waals surface area contributed by atoms with E-state index in [4.69, 9.17) is 11.6 Å². The number of hydrogen-bond acceptors (Lipinski definition) is 5. The normalized spacial score (nSPS) is 14.2. The van der Waals surface area contributed by atoms with Crippen LogP contribution in [0.4, 0.5) is 18.9 Å². The molecule has 2 aromatic heterocycles. The van der Waals surface area contributed by atoms with E-state index < -0.39 is 35.3 Å². The van der Waals surface area contributed by atoms with Gasteiger partial charge in [0.1, 0.15) is 6.54 Å². The molecule has 0 atom stereocenters. The molecule has 0 unspecified atom stereocenters. The van der Waals surface area contributed by atoms with Crippen LogP contribution in [0.2, 0.25) is 5.02 Å². The van der Waals surface area contributed by atoms with Gasteiger partial charge in [0.2, 0.25) is 5.91 Å². The Kier molecular flexibility index (Phi) is 5.37. The summed E-state index contributed by atoms with van der Waals surface area (Å²) in [6.45, 7) is 1.74. The van der Waals surface area contributed by atoms with Crippen molar-refractivity contribution in [3.8, 4) is 0 Å². The van der Waals surface area contributed by atoms with Crippen molar-refractivity contribution in [1.29, 1.82) is 0 Å². The number of ether oxygens (including phenoxy) is 1. The first-order chi connectivity index (χ1) is 13.2. The molecular formula is C16H17ClF3N5O3. The van der Waals surface area contributed by atoms with E-state index in [0.29, 0.717) is 19.4 Å². The van der Waals surface area contributed by atoms with E-state index in [1.54, 1.807) is 6.92 Å². The van der Waals surface area contributed by atoms with Gasteiger partial charge in [0.05, 0.1) is 23.5 Å². The van der Waals surface area contributed by atoms with Crippen LogP contribution in [0.15, 0.2) is 6.20 Å². The number of rotatable bonds is 6. The topological polar surface area (TPSA) is 91.0 Å². The Morgan fingerprint density at radius 1 is 1.36 bits per heavy atom. The highest BCUT2D eigenvalue weighted by molar-refractivity contribution is 6.32. The fourth-order valence-corrected chi connectivity index (χ4v) is 3.15. The molecular weight excluding hydrogens is 403 g/mol. The molecule has 1 N–H and O–H groups in total. The van der Waals surface area contributed by atoms with Crippen LogP contribution in [0.3, 0.4) is 0 Å². The Labute approximate surface area is 162 Å². The molecule has 1 saturated carbocycles. The summed E-state index contributed by atoms with van der Waals surface area (Å²) in [5.41, 5.74) is -1.02. The fourth-order valence-electron chi connectivity index (χ4n) is 2.75. The summed E-state index contributed by atoms with van der Waals surface area (Å²) < 4.78 is 46.3. The highest BCUT2D eigenvalue weighted by Gasteiger charge is 2.42. The fraction of sp³-hybridized carbons (Fsp3) is 0.500. The van der Waals surface area contributed by atoms with Crippen molar-refractivity contribution in [1.82, 2.24) is 19.6 Å². The van der Waals surface area contributed by atoms with E-state index >= 15 is 0 Å². The second-order valence-electron chi connectivity index (χ2n) is 6.26. The van der Waals surface area contributed by atoms with E-state index in [-0.39, 0.29) is 23.0 Å². The van der Waals surface area contributed by atoms with Gasteiger partial charge in [-0.25, -0.2) is 4.79 Å². The molecule has 8 nitrogen and oxygen atoms in total. The Balaban J connectivity index is 1.85. The van der Waals surface area contributed by atoms with Crippen LogP contribution in [-0.2, 0) is 28.8 Å². The van der Waals surface area contributed by atoms with Crippen LogP contribution in [0.5, 0.6) is 0 Å². The Bertz CT molecular complexity index is 918. The third kappa shape index (κ3) is 3.98. The van der Waals surface area contributed by atoms with E-state index in [1.807, 2.05) is 0 Å². The number of aryl methyl sites for hydroxylation is 1. The predicted octanol–water partition coefficient (Wildman–Crippen LogP) is 3.07. The van der Waals surface area contributed by atoms with Gasteiger partial charge in [-0.1, -0.05) is 11.6 Å². The SMILES string of the molecule is CCn1cc(NC(=O)Cn2nc(C(F)(F)F)c(Cl)c2C2CC2)c(C(=O)OC)n1. The van der Waals surface area contributed by atoms with Gasteiger partial charge < -0.3 is 10.1 Å². The minimum atomic E-state index is -4.72. The molecule has 0 spiro atoms. The van der Waals surface area contributed by atoms with Crippen molar-refractivity contribution in [3.05, 3.63) is 28.3 Å². The number of aromatic nitrogens is 4. The van der Waals surface area contributed by atoms with Crippen LogP contribution < -0.4 is 5.32 Å². The van der Waals surface area contributed by atoms with Crippen LogP contribution in [0.25, 0.3) is 0 Å².